The molecule has 0 saturated carbocycles. The molecule has 25 heavy (non-hydrogen) atoms. The maximum Gasteiger partial charge on any atom is 0.475 e. The van der Waals surface area contributed by atoms with Crippen LogP contribution < -0.4 is 0 Å². The van der Waals surface area contributed by atoms with E-state index in [4.69, 9.17) is 32.5 Å². The molecule has 0 N–H and O–H groups in total. The summed E-state index contributed by atoms with van der Waals surface area (Å²) in [6.07, 6.45) is -2.15. The molecule has 4 atom stereocenters. The van der Waals surface area contributed by atoms with Crippen LogP contribution in [0.15, 0.2) is 0 Å². The van der Waals surface area contributed by atoms with E-state index >= 15 is 0 Å². The predicted molar refractivity (Wildman–Crippen MR) is 83.6 cm³/mol. The van der Waals surface area contributed by atoms with Gasteiger partial charge in [-0.15, -0.1) is 0 Å². The third-order valence-electron chi connectivity index (χ3n) is 2.80. The van der Waals surface area contributed by atoms with E-state index in [-0.39, 0.29) is 32.6 Å². The molecule has 0 aromatic rings. The second-order valence-electron chi connectivity index (χ2n) is 5.51. The molecule has 1 rings (SSSR count). The second-order valence-corrected chi connectivity index (χ2v) is 7.13. The van der Waals surface area contributed by atoms with Gasteiger partial charge in [-0.25, -0.2) is 4.57 Å². The van der Waals surface area contributed by atoms with Crippen molar-refractivity contribution in [3.05, 3.63) is 0 Å². The number of esters is 1. The summed E-state index contributed by atoms with van der Waals surface area (Å²) in [6, 6.07) is 0. The minimum absolute atomic E-state index is 0.0580. The number of ether oxygens (including phenoxy) is 4. The number of hydrogen-bond acceptors (Lipinski definition) is 10. The third-order valence-corrected chi connectivity index (χ3v) is 4.41. The van der Waals surface area contributed by atoms with Crippen LogP contribution in [0, 0.1) is 0 Å². The van der Waals surface area contributed by atoms with Gasteiger partial charge in [-0.1, -0.05) is 0 Å². The van der Waals surface area contributed by atoms with Gasteiger partial charge >= 0.3 is 13.8 Å². The Kier molecular flexibility index (Phi) is 9.55. The van der Waals surface area contributed by atoms with E-state index < -0.39 is 32.1 Å². The number of rotatable bonds is 12. The molecule has 0 bridgehead atoms. The van der Waals surface area contributed by atoms with Gasteiger partial charge in [-0.3, -0.25) is 23.2 Å². The number of phosphoric acid groups is 1. The van der Waals surface area contributed by atoms with Crippen molar-refractivity contribution in [2.75, 3.05) is 26.4 Å². The molecule has 10 nitrogen and oxygen atoms in total. The van der Waals surface area contributed by atoms with E-state index in [9.17, 15) is 14.2 Å². The Hall–Kier alpha value is -1.03. The van der Waals surface area contributed by atoms with E-state index in [0.717, 1.165) is 0 Å². The number of carbonyl (C=O) groups is 2. The number of hydrogen-bond donors (Lipinski definition) is 0. The maximum atomic E-state index is 12.7. The molecule has 0 aliphatic carbocycles. The summed E-state index contributed by atoms with van der Waals surface area (Å²) >= 11 is 0. The molecule has 3 unspecified atom stereocenters. The molecule has 1 heterocycles. The topological polar surface area (TPSA) is 116 Å². The summed E-state index contributed by atoms with van der Waals surface area (Å²) < 4.78 is 48.5. The van der Waals surface area contributed by atoms with Gasteiger partial charge in [0.05, 0.1) is 25.9 Å². The molecule has 146 valence electrons. The van der Waals surface area contributed by atoms with Gasteiger partial charge in [-0.05, 0) is 20.8 Å². The van der Waals surface area contributed by atoms with Crippen LogP contribution >= 0.6 is 7.82 Å². The van der Waals surface area contributed by atoms with E-state index in [1.54, 1.807) is 20.8 Å². The molecule has 1 saturated heterocycles. The molecule has 0 aromatic heterocycles. The van der Waals surface area contributed by atoms with Crippen molar-refractivity contribution >= 4 is 20.3 Å². The highest BCUT2D eigenvalue weighted by molar-refractivity contribution is 7.48. The van der Waals surface area contributed by atoms with Crippen LogP contribution in [0.4, 0.5) is 0 Å². The van der Waals surface area contributed by atoms with Gasteiger partial charge < -0.3 is 18.9 Å². The molecule has 1 aliphatic heterocycles. The highest BCUT2D eigenvalue weighted by Crippen LogP contribution is 2.51. The lowest BCUT2D eigenvalue weighted by atomic mass is 10.4. The van der Waals surface area contributed by atoms with Crippen LogP contribution in [0.3, 0.4) is 0 Å². The fraction of sp³-hybridized carbons (Fsp3) is 0.857. The number of phosphoric ester groups is 1. The van der Waals surface area contributed by atoms with Crippen molar-refractivity contribution in [2.45, 2.75) is 52.3 Å². The van der Waals surface area contributed by atoms with Crippen LogP contribution in [0.25, 0.3) is 0 Å². The Labute approximate surface area is 146 Å². The van der Waals surface area contributed by atoms with Gasteiger partial charge in [0.1, 0.15) is 12.7 Å². The summed E-state index contributed by atoms with van der Waals surface area (Å²) in [5, 5.41) is 0. The first-order valence-electron chi connectivity index (χ1n) is 7.81. The summed E-state index contributed by atoms with van der Waals surface area (Å²) in [6.45, 7) is 6.10. The van der Waals surface area contributed by atoms with Crippen LogP contribution in [0.2, 0.25) is 0 Å². The Bertz CT molecular complexity index is 469. The normalized spacial score (nSPS) is 23.9. The van der Waals surface area contributed by atoms with E-state index in [2.05, 4.69) is 0 Å². The first kappa shape index (κ1) is 22.0. The highest BCUT2D eigenvalue weighted by Gasteiger charge is 2.33. The highest BCUT2D eigenvalue weighted by atomic mass is 31.2. The minimum Gasteiger partial charge on any atom is -0.462 e. The van der Waals surface area contributed by atoms with Crippen molar-refractivity contribution in [1.29, 1.82) is 0 Å². The van der Waals surface area contributed by atoms with Crippen molar-refractivity contribution in [1.82, 2.24) is 0 Å². The van der Waals surface area contributed by atoms with E-state index in [1.807, 2.05) is 0 Å². The van der Waals surface area contributed by atoms with Crippen LogP contribution in [0.5, 0.6) is 0 Å². The molecule has 1 aliphatic rings. The van der Waals surface area contributed by atoms with Crippen LogP contribution in [-0.4, -0.2) is 63.5 Å². The lowest BCUT2D eigenvalue weighted by molar-refractivity contribution is -0.151. The Morgan fingerprint density at radius 2 is 2.04 bits per heavy atom. The summed E-state index contributed by atoms with van der Waals surface area (Å²) in [7, 11) is -3.94. The molecule has 0 radical (unpaired) electrons. The summed E-state index contributed by atoms with van der Waals surface area (Å²) in [4.78, 5) is 21.4. The zero-order chi connectivity index (χ0) is 18.9. The van der Waals surface area contributed by atoms with Crippen LogP contribution in [0.1, 0.15) is 27.7 Å². The quantitative estimate of drug-likeness (QED) is 0.278. The third kappa shape index (κ3) is 9.29. The largest absolute Gasteiger partial charge is 0.475 e. The molecular weight excluding hydrogens is 359 g/mol. The van der Waals surface area contributed by atoms with Crippen LogP contribution in [-0.2, 0) is 46.7 Å². The fourth-order valence-corrected chi connectivity index (χ4v) is 3.21. The molecule has 0 aromatic carbocycles. The fourth-order valence-electron chi connectivity index (χ4n) is 1.80. The van der Waals surface area contributed by atoms with Gasteiger partial charge in [0.2, 0.25) is 0 Å². The molecule has 0 amide bonds. The van der Waals surface area contributed by atoms with Gasteiger partial charge in [-0.2, -0.15) is 0 Å². The SMILES string of the molecule is CC(=O)OC[C@H](COP(=O)(OCC1COC(C)O1)OC(C)C)OC=O. The van der Waals surface area contributed by atoms with Crippen molar-refractivity contribution in [2.24, 2.45) is 0 Å². The lowest BCUT2D eigenvalue weighted by Crippen LogP contribution is -2.27. The average molecular weight is 384 g/mol. The lowest BCUT2D eigenvalue weighted by Gasteiger charge is -2.23. The molecule has 11 heteroatoms. The summed E-state index contributed by atoms with van der Waals surface area (Å²) in [5.74, 6) is -0.551. The number of carbonyl (C=O) groups excluding carboxylic acids is 2. The summed E-state index contributed by atoms with van der Waals surface area (Å²) in [5.41, 5.74) is 0. The second kappa shape index (κ2) is 10.8. The van der Waals surface area contributed by atoms with E-state index in [0.29, 0.717) is 6.61 Å². The Morgan fingerprint density at radius 3 is 2.56 bits per heavy atom. The van der Waals surface area contributed by atoms with Crippen molar-refractivity contribution in [3.8, 4) is 0 Å². The minimum atomic E-state index is -3.94. The van der Waals surface area contributed by atoms with Crippen molar-refractivity contribution in [3.63, 3.8) is 0 Å². The first-order chi connectivity index (χ1) is 11.7. The first-order valence-corrected chi connectivity index (χ1v) is 9.27. The average Bonchev–Trinajstić information content (AvgIpc) is 2.93. The van der Waals surface area contributed by atoms with Crippen molar-refractivity contribution < 1.29 is 46.7 Å². The maximum absolute atomic E-state index is 12.7. The Morgan fingerprint density at radius 1 is 1.32 bits per heavy atom. The standard InChI is InChI=1S/C14H25O10P/c1-10(2)24-25(17,22-8-14-6-19-12(4)23-14)21-7-13(20-9-15)5-18-11(3)16/h9-10,12-14H,5-8H2,1-4H3/t12?,13-,14?,25?/m1/s1. The Balaban J connectivity index is 2.57. The zero-order valence-electron chi connectivity index (χ0n) is 14.7. The van der Waals surface area contributed by atoms with Gasteiger partial charge in [0, 0.05) is 6.92 Å². The van der Waals surface area contributed by atoms with Gasteiger partial charge in [0.15, 0.2) is 12.4 Å². The van der Waals surface area contributed by atoms with Gasteiger partial charge in [0.25, 0.3) is 6.47 Å². The molecular formula is C14H25O10P. The monoisotopic (exact) mass is 384 g/mol. The predicted octanol–water partition coefficient (Wildman–Crippen LogP) is 1.42. The zero-order valence-corrected chi connectivity index (χ0v) is 15.6. The molecule has 1 fully saturated rings. The smallest absolute Gasteiger partial charge is 0.462 e. The molecule has 0 spiro atoms. The van der Waals surface area contributed by atoms with E-state index in [1.165, 1.54) is 6.92 Å².